The fourth-order valence-electron chi connectivity index (χ4n) is 2.12. The zero-order valence-electron chi connectivity index (χ0n) is 11.9. The van der Waals surface area contributed by atoms with Crippen LogP contribution >= 0.6 is 0 Å². The van der Waals surface area contributed by atoms with Crippen LogP contribution in [0.2, 0.25) is 0 Å². The van der Waals surface area contributed by atoms with Gasteiger partial charge < -0.3 is 11.1 Å². The molecule has 2 aromatic rings. The van der Waals surface area contributed by atoms with Crippen molar-refractivity contribution in [1.82, 2.24) is 5.32 Å². The number of nitrogens with one attached hydrogen (secondary N) is 1. The van der Waals surface area contributed by atoms with Crippen LogP contribution in [0.25, 0.3) is 0 Å². The van der Waals surface area contributed by atoms with Crippen molar-refractivity contribution in [3.05, 3.63) is 65.2 Å². The zero-order chi connectivity index (χ0) is 14.5. The van der Waals surface area contributed by atoms with Gasteiger partial charge >= 0.3 is 0 Å². The summed E-state index contributed by atoms with van der Waals surface area (Å²) in [5.41, 5.74) is 9.73. The Labute approximate surface area is 119 Å². The summed E-state index contributed by atoms with van der Waals surface area (Å²) in [7, 11) is 0. The van der Waals surface area contributed by atoms with E-state index in [-0.39, 0.29) is 11.8 Å². The fourth-order valence-corrected chi connectivity index (χ4v) is 2.12. The van der Waals surface area contributed by atoms with Crippen LogP contribution in [0.15, 0.2) is 48.5 Å². The molecule has 1 atom stereocenters. The topological polar surface area (TPSA) is 55.1 Å². The molecule has 104 valence electrons. The molecule has 20 heavy (non-hydrogen) atoms. The lowest BCUT2D eigenvalue weighted by Gasteiger charge is -2.14. The fraction of sp³-hybridized carbons (Fsp3) is 0.235. The summed E-state index contributed by atoms with van der Waals surface area (Å²) in [6, 6.07) is 15.5. The Morgan fingerprint density at radius 2 is 1.85 bits per heavy atom. The quantitative estimate of drug-likeness (QED) is 0.837. The summed E-state index contributed by atoms with van der Waals surface area (Å²) in [5.74, 6) is -0.129. The molecule has 1 amide bonds. The van der Waals surface area contributed by atoms with Crippen molar-refractivity contribution < 1.29 is 4.79 Å². The molecule has 0 fully saturated rings. The predicted octanol–water partition coefficient (Wildman–Crippen LogP) is 3.00. The highest BCUT2D eigenvalue weighted by Crippen LogP contribution is 2.17. The summed E-state index contributed by atoms with van der Waals surface area (Å²) in [4.78, 5) is 12.2. The van der Waals surface area contributed by atoms with Crippen molar-refractivity contribution in [2.24, 2.45) is 0 Å². The average Bonchev–Trinajstić information content (AvgIpc) is 2.48. The number of hydrogen-bond donors (Lipinski definition) is 2. The number of carbonyl (C=O) groups is 1. The molecule has 0 radical (unpaired) electrons. The van der Waals surface area contributed by atoms with Gasteiger partial charge in [-0.2, -0.15) is 0 Å². The van der Waals surface area contributed by atoms with Crippen LogP contribution < -0.4 is 11.1 Å². The monoisotopic (exact) mass is 268 g/mol. The molecule has 0 saturated carbocycles. The van der Waals surface area contributed by atoms with E-state index < -0.39 is 0 Å². The molecule has 3 N–H and O–H groups in total. The minimum Gasteiger partial charge on any atom is -0.399 e. The van der Waals surface area contributed by atoms with Gasteiger partial charge in [0.25, 0.3) is 0 Å². The Balaban J connectivity index is 2.00. The molecule has 0 aromatic heterocycles. The lowest BCUT2D eigenvalue weighted by molar-refractivity contribution is -0.122. The van der Waals surface area contributed by atoms with Gasteiger partial charge in [-0.05, 0) is 36.6 Å². The molecule has 0 bridgehead atoms. The predicted molar refractivity (Wildman–Crippen MR) is 82.3 cm³/mol. The van der Waals surface area contributed by atoms with E-state index in [1.165, 1.54) is 0 Å². The van der Waals surface area contributed by atoms with Gasteiger partial charge in [-0.3, -0.25) is 4.79 Å². The molecule has 1 unspecified atom stereocenters. The Bertz CT molecular complexity index is 593. The van der Waals surface area contributed by atoms with Crippen LogP contribution in [0.3, 0.4) is 0 Å². The number of carbonyl (C=O) groups excluding carboxylic acids is 1. The smallest absolute Gasteiger partial charge is 0.227 e. The van der Waals surface area contributed by atoms with Gasteiger partial charge in [-0.1, -0.05) is 42.5 Å². The zero-order valence-corrected chi connectivity index (χ0v) is 11.9. The number of nitrogen functional groups attached to an aromatic ring is 1. The summed E-state index contributed by atoms with van der Waals surface area (Å²) in [5, 5.41) is 2.97. The Morgan fingerprint density at radius 1 is 1.15 bits per heavy atom. The normalized spacial score (nSPS) is 11.9. The first-order valence-electron chi connectivity index (χ1n) is 6.76. The standard InChI is InChI=1S/C17H20N2O/c1-12-15(9-6-10-16(12)18)11-19-17(20)13(2)14-7-4-3-5-8-14/h3-10,13H,11,18H2,1-2H3,(H,19,20). The number of hydrogen-bond acceptors (Lipinski definition) is 2. The van der Waals surface area contributed by atoms with Crippen molar-refractivity contribution in [2.45, 2.75) is 26.3 Å². The van der Waals surface area contributed by atoms with Crippen LogP contribution in [-0.2, 0) is 11.3 Å². The maximum atomic E-state index is 12.2. The van der Waals surface area contributed by atoms with E-state index in [0.717, 1.165) is 22.4 Å². The molecule has 2 rings (SSSR count). The van der Waals surface area contributed by atoms with Crippen LogP contribution in [0.4, 0.5) is 5.69 Å². The van der Waals surface area contributed by atoms with Crippen molar-refractivity contribution >= 4 is 11.6 Å². The Kier molecular flexibility index (Phi) is 4.41. The van der Waals surface area contributed by atoms with Gasteiger partial charge in [0.05, 0.1) is 5.92 Å². The summed E-state index contributed by atoms with van der Waals surface area (Å²) in [6.07, 6.45) is 0. The second-order valence-electron chi connectivity index (χ2n) is 4.98. The van der Waals surface area contributed by atoms with Crippen molar-refractivity contribution in [1.29, 1.82) is 0 Å². The number of anilines is 1. The van der Waals surface area contributed by atoms with Gasteiger partial charge in [0.15, 0.2) is 0 Å². The van der Waals surface area contributed by atoms with Crippen molar-refractivity contribution in [3.8, 4) is 0 Å². The molecule has 0 heterocycles. The molecule has 0 aliphatic heterocycles. The van der Waals surface area contributed by atoms with Gasteiger partial charge in [0, 0.05) is 12.2 Å². The van der Waals surface area contributed by atoms with Crippen molar-refractivity contribution in [3.63, 3.8) is 0 Å². The van der Waals surface area contributed by atoms with E-state index in [4.69, 9.17) is 5.73 Å². The van der Waals surface area contributed by atoms with Crippen molar-refractivity contribution in [2.75, 3.05) is 5.73 Å². The number of benzene rings is 2. The van der Waals surface area contributed by atoms with E-state index in [1.54, 1.807) is 0 Å². The maximum absolute atomic E-state index is 12.2. The number of nitrogens with two attached hydrogens (primary N) is 1. The minimum atomic E-state index is -0.155. The maximum Gasteiger partial charge on any atom is 0.227 e. The van der Waals surface area contributed by atoms with E-state index >= 15 is 0 Å². The summed E-state index contributed by atoms with van der Waals surface area (Å²) in [6.45, 7) is 4.39. The Morgan fingerprint density at radius 3 is 2.55 bits per heavy atom. The Hall–Kier alpha value is -2.29. The number of amides is 1. The SMILES string of the molecule is Cc1c(N)cccc1CNC(=O)C(C)c1ccccc1. The van der Waals surface area contributed by atoms with Gasteiger partial charge in [-0.25, -0.2) is 0 Å². The van der Waals surface area contributed by atoms with E-state index in [1.807, 2.05) is 62.4 Å². The highest BCUT2D eigenvalue weighted by molar-refractivity contribution is 5.83. The number of rotatable bonds is 4. The van der Waals surface area contributed by atoms with E-state index in [9.17, 15) is 4.79 Å². The minimum absolute atomic E-state index is 0.0259. The highest BCUT2D eigenvalue weighted by atomic mass is 16.1. The largest absolute Gasteiger partial charge is 0.399 e. The van der Waals surface area contributed by atoms with Crippen LogP contribution in [0.1, 0.15) is 29.5 Å². The molecule has 0 saturated heterocycles. The molecule has 0 aliphatic carbocycles. The second kappa shape index (κ2) is 6.24. The van der Waals surface area contributed by atoms with Crippen LogP contribution in [-0.4, -0.2) is 5.91 Å². The van der Waals surface area contributed by atoms with Crippen LogP contribution in [0.5, 0.6) is 0 Å². The summed E-state index contributed by atoms with van der Waals surface area (Å²) >= 11 is 0. The molecule has 0 spiro atoms. The first kappa shape index (κ1) is 14.1. The molecular formula is C17H20N2O. The van der Waals surface area contributed by atoms with E-state index in [0.29, 0.717) is 6.54 Å². The third kappa shape index (κ3) is 3.18. The molecule has 2 aromatic carbocycles. The summed E-state index contributed by atoms with van der Waals surface area (Å²) < 4.78 is 0. The molecule has 3 nitrogen and oxygen atoms in total. The third-order valence-electron chi connectivity index (χ3n) is 3.63. The highest BCUT2D eigenvalue weighted by Gasteiger charge is 2.14. The van der Waals surface area contributed by atoms with Gasteiger partial charge in [-0.15, -0.1) is 0 Å². The lowest BCUT2D eigenvalue weighted by Crippen LogP contribution is -2.27. The second-order valence-corrected chi connectivity index (χ2v) is 4.98. The van der Waals surface area contributed by atoms with Crippen LogP contribution in [0, 0.1) is 6.92 Å². The van der Waals surface area contributed by atoms with Gasteiger partial charge in [0.1, 0.15) is 0 Å². The van der Waals surface area contributed by atoms with Gasteiger partial charge in [0.2, 0.25) is 5.91 Å². The molecule has 3 heteroatoms. The first-order chi connectivity index (χ1) is 9.59. The first-order valence-corrected chi connectivity index (χ1v) is 6.76. The van der Waals surface area contributed by atoms with E-state index in [2.05, 4.69) is 5.32 Å². The lowest BCUT2D eigenvalue weighted by atomic mass is 10.00. The third-order valence-corrected chi connectivity index (χ3v) is 3.63. The molecular weight excluding hydrogens is 248 g/mol. The average molecular weight is 268 g/mol. The molecule has 0 aliphatic rings.